The van der Waals surface area contributed by atoms with Crippen LogP contribution < -0.4 is 23.7 Å². The van der Waals surface area contributed by atoms with Crippen molar-refractivity contribution in [1.29, 1.82) is 5.26 Å². The van der Waals surface area contributed by atoms with Crippen molar-refractivity contribution in [2.45, 2.75) is 63.4 Å². The van der Waals surface area contributed by atoms with Crippen molar-refractivity contribution < 1.29 is 33.7 Å². The van der Waals surface area contributed by atoms with Crippen molar-refractivity contribution in [2.75, 3.05) is 21.3 Å². The Balaban J connectivity index is 1.85. The van der Waals surface area contributed by atoms with Gasteiger partial charge < -0.3 is 28.8 Å². The molecular weight excluding hydrogens is 480 g/mol. The summed E-state index contributed by atoms with van der Waals surface area (Å²) in [4.78, 5) is 11.4. The van der Waals surface area contributed by atoms with Crippen molar-refractivity contribution in [1.82, 2.24) is 0 Å². The van der Waals surface area contributed by atoms with E-state index >= 15 is 0 Å². The molecule has 200 valence electrons. The van der Waals surface area contributed by atoms with Crippen molar-refractivity contribution in [3.63, 3.8) is 0 Å². The maximum atomic E-state index is 11.9. The molecule has 3 rings (SSSR count). The SMILES string of the molecule is CCC(C)C(C#N)(CCC(O)C(CC1Oc2ccccc2O1)[N+](=O)[O-])c1cc(OC)c(OC)c(OC)c1. The number of rotatable bonds is 13. The minimum Gasteiger partial charge on any atom is -0.493 e. The van der Waals surface area contributed by atoms with Crippen LogP contribution in [0.2, 0.25) is 0 Å². The lowest BCUT2D eigenvalue weighted by Crippen LogP contribution is -2.41. The highest BCUT2D eigenvalue weighted by atomic mass is 16.7. The number of methoxy groups -OCH3 is 3. The third-order valence-electron chi connectivity index (χ3n) is 7.18. The Bertz CT molecular complexity index is 1080. The molecule has 0 bridgehead atoms. The van der Waals surface area contributed by atoms with Gasteiger partial charge in [0.2, 0.25) is 18.1 Å². The van der Waals surface area contributed by atoms with Gasteiger partial charge in [0.1, 0.15) is 6.10 Å². The van der Waals surface area contributed by atoms with Crippen molar-refractivity contribution >= 4 is 0 Å². The first-order chi connectivity index (χ1) is 17.7. The minimum atomic E-state index is -1.34. The van der Waals surface area contributed by atoms with E-state index in [1.165, 1.54) is 21.3 Å². The summed E-state index contributed by atoms with van der Waals surface area (Å²) in [6, 6.07) is 11.6. The van der Waals surface area contributed by atoms with E-state index in [-0.39, 0.29) is 25.2 Å². The van der Waals surface area contributed by atoms with Gasteiger partial charge in [0.05, 0.1) is 39.2 Å². The molecule has 10 nitrogen and oxygen atoms in total. The Hall–Kier alpha value is -3.71. The van der Waals surface area contributed by atoms with Crippen molar-refractivity contribution in [3.8, 4) is 34.8 Å². The highest BCUT2D eigenvalue weighted by Crippen LogP contribution is 2.46. The predicted octanol–water partition coefficient (Wildman–Crippen LogP) is 4.49. The molecule has 2 aromatic rings. The molecule has 1 aliphatic rings. The standard InChI is InChI=1S/C27H34N2O8/c1-6-17(2)27(16-28,18-13-23(33-3)26(35-5)24(14-18)34-4)12-11-20(30)19(29(31)32)15-25-36-21-9-7-8-10-22(21)37-25/h7-10,13-14,17,19-20,25,30H,6,11-12,15H2,1-5H3. The average Bonchev–Trinajstić information content (AvgIpc) is 3.33. The number of aliphatic hydroxyl groups excluding tert-OH is 1. The fourth-order valence-electron chi connectivity index (χ4n) is 4.79. The monoisotopic (exact) mass is 514 g/mol. The Labute approximate surface area is 216 Å². The molecule has 2 aromatic carbocycles. The van der Waals surface area contributed by atoms with Crippen LogP contribution in [0.1, 0.15) is 45.1 Å². The van der Waals surface area contributed by atoms with Gasteiger partial charge in [-0.2, -0.15) is 5.26 Å². The molecule has 37 heavy (non-hydrogen) atoms. The van der Waals surface area contributed by atoms with Crippen molar-refractivity contribution in [3.05, 3.63) is 52.1 Å². The fraction of sp³-hybridized carbons (Fsp3) is 0.519. The van der Waals surface area contributed by atoms with Crippen LogP contribution in [-0.4, -0.2) is 49.8 Å². The third-order valence-corrected chi connectivity index (χ3v) is 7.18. The second-order valence-electron chi connectivity index (χ2n) is 9.11. The van der Waals surface area contributed by atoms with Gasteiger partial charge in [-0.05, 0) is 48.6 Å². The van der Waals surface area contributed by atoms with Gasteiger partial charge in [-0.1, -0.05) is 32.4 Å². The lowest BCUT2D eigenvalue weighted by molar-refractivity contribution is -0.538. The molecule has 1 aliphatic heterocycles. The zero-order chi connectivity index (χ0) is 27.2. The van der Waals surface area contributed by atoms with Crippen LogP contribution in [0.15, 0.2) is 36.4 Å². The van der Waals surface area contributed by atoms with E-state index in [4.69, 9.17) is 23.7 Å². The molecule has 0 amide bonds. The first-order valence-corrected chi connectivity index (χ1v) is 12.2. The van der Waals surface area contributed by atoms with Gasteiger partial charge in [-0.15, -0.1) is 0 Å². The largest absolute Gasteiger partial charge is 0.493 e. The Morgan fingerprint density at radius 2 is 1.70 bits per heavy atom. The molecule has 0 saturated heterocycles. The summed E-state index contributed by atoms with van der Waals surface area (Å²) in [5.41, 5.74) is -0.443. The smallest absolute Gasteiger partial charge is 0.248 e. The van der Waals surface area contributed by atoms with Crippen LogP contribution in [0.3, 0.4) is 0 Å². The lowest BCUT2D eigenvalue weighted by Gasteiger charge is -2.34. The van der Waals surface area contributed by atoms with Gasteiger partial charge in [-0.25, -0.2) is 0 Å². The number of benzene rings is 2. The molecule has 0 spiro atoms. The number of fused-ring (bicyclic) bond motifs is 1. The van der Waals surface area contributed by atoms with E-state index in [2.05, 4.69) is 6.07 Å². The van der Waals surface area contributed by atoms with Crippen molar-refractivity contribution in [2.24, 2.45) is 5.92 Å². The summed E-state index contributed by atoms with van der Waals surface area (Å²) in [6.45, 7) is 3.92. The number of nitriles is 1. The maximum absolute atomic E-state index is 11.9. The van der Waals surface area contributed by atoms with E-state index in [9.17, 15) is 20.5 Å². The second-order valence-corrected chi connectivity index (χ2v) is 9.11. The molecule has 1 N–H and O–H groups in total. The van der Waals surface area contributed by atoms with Gasteiger partial charge in [0.25, 0.3) is 0 Å². The quantitative estimate of drug-likeness (QED) is 0.303. The molecule has 4 unspecified atom stereocenters. The molecule has 0 radical (unpaired) electrons. The van der Waals surface area contributed by atoms with Gasteiger partial charge in [0, 0.05) is 4.92 Å². The molecule has 10 heteroatoms. The van der Waals surface area contributed by atoms with E-state index in [0.717, 1.165) is 0 Å². The van der Waals surface area contributed by atoms with E-state index in [1.807, 2.05) is 13.8 Å². The molecule has 0 aliphatic carbocycles. The third kappa shape index (κ3) is 5.67. The van der Waals surface area contributed by atoms with Crippen LogP contribution >= 0.6 is 0 Å². The fourth-order valence-corrected chi connectivity index (χ4v) is 4.79. The summed E-state index contributed by atoms with van der Waals surface area (Å²) < 4.78 is 27.7. The maximum Gasteiger partial charge on any atom is 0.248 e. The number of para-hydroxylation sites is 2. The second kappa shape index (κ2) is 12.0. The molecule has 0 saturated carbocycles. The number of hydrogen-bond acceptors (Lipinski definition) is 9. The van der Waals surface area contributed by atoms with Crippen LogP contribution in [0.5, 0.6) is 28.7 Å². The van der Waals surface area contributed by atoms with E-state index < -0.39 is 28.8 Å². The number of ether oxygens (including phenoxy) is 5. The predicted molar refractivity (Wildman–Crippen MR) is 135 cm³/mol. The zero-order valence-electron chi connectivity index (χ0n) is 21.8. The molecule has 0 fully saturated rings. The highest BCUT2D eigenvalue weighted by Gasteiger charge is 2.42. The van der Waals surface area contributed by atoms with Gasteiger partial charge in [0.15, 0.2) is 23.0 Å². The Kier molecular flexibility index (Phi) is 9.05. The summed E-state index contributed by atoms with van der Waals surface area (Å²) in [6.07, 6.45) is -1.50. The Morgan fingerprint density at radius 3 is 2.14 bits per heavy atom. The van der Waals surface area contributed by atoms with E-state index in [0.29, 0.717) is 40.7 Å². The van der Waals surface area contributed by atoms with Gasteiger partial charge >= 0.3 is 0 Å². The van der Waals surface area contributed by atoms with Crippen LogP contribution in [0.25, 0.3) is 0 Å². The number of aliphatic hydroxyl groups is 1. The zero-order valence-corrected chi connectivity index (χ0v) is 21.8. The first-order valence-electron chi connectivity index (χ1n) is 12.2. The highest BCUT2D eigenvalue weighted by molar-refractivity contribution is 5.56. The Morgan fingerprint density at radius 1 is 1.14 bits per heavy atom. The molecule has 1 heterocycles. The molecule has 4 atom stereocenters. The number of nitrogens with zero attached hydrogens (tertiary/aromatic N) is 2. The summed E-state index contributed by atoms with van der Waals surface area (Å²) in [5.74, 6) is 2.07. The minimum absolute atomic E-state index is 0.0138. The summed E-state index contributed by atoms with van der Waals surface area (Å²) in [7, 11) is 4.49. The van der Waals surface area contributed by atoms with Crippen LogP contribution in [-0.2, 0) is 5.41 Å². The average molecular weight is 515 g/mol. The first kappa shape index (κ1) is 27.9. The summed E-state index contributed by atoms with van der Waals surface area (Å²) >= 11 is 0. The molecular formula is C27H34N2O8. The van der Waals surface area contributed by atoms with Crippen LogP contribution in [0.4, 0.5) is 0 Å². The summed E-state index contributed by atoms with van der Waals surface area (Å²) in [5, 5.41) is 33.3. The lowest BCUT2D eigenvalue weighted by atomic mass is 9.67. The number of nitro groups is 1. The topological polar surface area (TPSA) is 133 Å². The molecule has 0 aromatic heterocycles. The van der Waals surface area contributed by atoms with Gasteiger partial charge in [-0.3, -0.25) is 10.1 Å². The number of hydrogen-bond donors (Lipinski definition) is 1. The van der Waals surface area contributed by atoms with E-state index in [1.54, 1.807) is 36.4 Å². The normalized spacial score (nSPS) is 16.7. The van der Waals surface area contributed by atoms with Crippen LogP contribution in [0, 0.1) is 27.4 Å².